The van der Waals surface area contributed by atoms with E-state index in [0.29, 0.717) is 39.6 Å². The summed E-state index contributed by atoms with van der Waals surface area (Å²) in [5.41, 5.74) is 3.44. The predicted octanol–water partition coefficient (Wildman–Crippen LogP) is 3.46. The van der Waals surface area contributed by atoms with Crippen LogP contribution in [-0.4, -0.2) is 27.5 Å². The quantitative estimate of drug-likeness (QED) is 0.569. The maximum absolute atomic E-state index is 12.2. The standard InChI is InChI=1S/C21H22N4O3/c1-11(2)10-25-16-7-12(3)13(20(26)22-4)8-15(16)24-19(25)18-9-14-17(28-18)5-6-23-21(14)27/h5-9,11H,10H2,1-4H3,(H,22,26)(H,23,27). The van der Waals surface area contributed by atoms with E-state index in [1.54, 1.807) is 31.4 Å². The first-order chi connectivity index (χ1) is 13.4. The van der Waals surface area contributed by atoms with Gasteiger partial charge in [0, 0.05) is 31.4 Å². The monoisotopic (exact) mass is 378 g/mol. The van der Waals surface area contributed by atoms with Crippen molar-refractivity contribution in [2.75, 3.05) is 7.05 Å². The minimum Gasteiger partial charge on any atom is -0.453 e. The van der Waals surface area contributed by atoms with E-state index in [1.165, 1.54) is 0 Å². The lowest BCUT2D eigenvalue weighted by molar-refractivity contribution is 0.0962. The van der Waals surface area contributed by atoms with Crippen molar-refractivity contribution in [3.05, 3.63) is 51.9 Å². The Hall–Kier alpha value is -3.35. The van der Waals surface area contributed by atoms with Gasteiger partial charge in [-0.3, -0.25) is 9.59 Å². The van der Waals surface area contributed by atoms with Gasteiger partial charge < -0.3 is 19.3 Å². The molecule has 0 fully saturated rings. The number of fused-ring (bicyclic) bond motifs is 2. The van der Waals surface area contributed by atoms with Gasteiger partial charge >= 0.3 is 0 Å². The van der Waals surface area contributed by atoms with Crippen molar-refractivity contribution in [2.45, 2.75) is 27.3 Å². The molecule has 1 aromatic carbocycles. The first-order valence-corrected chi connectivity index (χ1v) is 9.23. The minimum absolute atomic E-state index is 0.144. The second-order valence-corrected chi connectivity index (χ2v) is 7.37. The molecule has 0 bridgehead atoms. The number of H-pyrrole nitrogens is 1. The number of aromatic amines is 1. The van der Waals surface area contributed by atoms with Crippen LogP contribution in [0.3, 0.4) is 0 Å². The van der Waals surface area contributed by atoms with Crippen molar-refractivity contribution in [1.29, 1.82) is 0 Å². The van der Waals surface area contributed by atoms with Crippen molar-refractivity contribution in [3.8, 4) is 11.6 Å². The van der Waals surface area contributed by atoms with Crippen molar-refractivity contribution in [3.63, 3.8) is 0 Å². The zero-order chi connectivity index (χ0) is 20.0. The first kappa shape index (κ1) is 18.0. The molecule has 0 unspecified atom stereocenters. The average Bonchev–Trinajstić information content (AvgIpc) is 3.23. The summed E-state index contributed by atoms with van der Waals surface area (Å²) in [6, 6.07) is 7.23. The summed E-state index contributed by atoms with van der Waals surface area (Å²) in [7, 11) is 1.61. The third-order valence-electron chi connectivity index (χ3n) is 4.79. The summed E-state index contributed by atoms with van der Waals surface area (Å²) < 4.78 is 8.02. The molecule has 3 aromatic heterocycles. The van der Waals surface area contributed by atoms with Crippen LogP contribution in [0.5, 0.6) is 0 Å². The van der Waals surface area contributed by atoms with Crippen molar-refractivity contribution in [2.24, 2.45) is 5.92 Å². The van der Waals surface area contributed by atoms with Crippen LogP contribution in [0.15, 0.2) is 39.7 Å². The SMILES string of the molecule is CNC(=O)c1cc2nc(-c3cc4c(=O)[nH]ccc4o3)n(CC(C)C)c2cc1C. The van der Waals surface area contributed by atoms with E-state index in [-0.39, 0.29) is 11.5 Å². The molecule has 2 N–H and O–H groups in total. The summed E-state index contributed by atoms with van der Waals surface area (Å²) >= 11 is 0. The molecule has 7 nitrogen and oxygen atoms in total. The van der Waals surface area contributed by atoms with Crippen LogP contribution in [0.4, 0.5) is 0 Å². The van der Waals surface area contributed by atoms with E-state index in [1.807, 2.05) is 13.0 Å². The highest BCUT2D eigenvalue weighted by Gasteiger charge is 2.20. The van der Waals surface area contributed by atoms with Gasteiger partial charge in [-0.25, -0.2) is 4.98 Å². The van der Waals surface area contributed by atoms with E-state index >= 15 is 0 Å². The smallest absolute Gasteiger partial charge is 0.259 e. The predicted molar refractivity (Wildman–Crippen MR) is 109 cm³/mol. The van der Waals surface area contributed by atoms with E-state index < -0.39 is 0 Å². The Morgan fingerprint density at radius 3 is 2.79 bits per heavy atom. The van der Waals surface area contributed by atoms with Crippen molar-refractivity contribution < 1.29 is 9.21 Å². The fourth-order valence-corrected chi connectivity index (χ4v) is 3.48. The number of imidazole rings is 1. The van der Waals surface area contributed by atoms with Crippen molar-refractivity contribution >= 4 is 27.9 Å². The number of carbonyl (C=O) groups excluding carboxylic acids is 1. The molecule has 0 spiro atoms. The number of rotatable bonds is 4. The lowest BCUT2D eigenvalue weighted by atomic mass is 10.1. The molecule has 0 saturated heterocycles. The van der Waals surface area contributed by atoms with Crippen LogP contribution < -0.4 is 10.9 Å². The maximum Gasteiger partial charge on any atom is 0.259 e. The van der Waals surface area contributed by atoms with E-state index in [4.69, 9.17) is 9.40 Å². The second-order valence-electron chi connectivity index (χ2n) is 7.37. The Labute approximate surface area is 161 Å². The molecule has 28 heavy (non-hydrogen) atoms. The lowest BCUT2D eigenvalue weighted by Gasteiger charge is -2.11. The summed E-state index contributed by atoms with van der Waals surface area (Å²) in [6.45, 7) is 6.91. The van der Waals surface area contributed by atoms with Gasteiger partial charge in [-0.2, -0.15) is 0 Å². The number of nitrogens with zero attached hydrogens (tertiary/aromatic N) is 2. The zero-order valence-corrected chi connectivity index (χ0v) is 16.3. The van der Waals surface area contributed by atoms with E-state index in [9.17, 15) is 9.59 Å². The average molecular weight is 378 g/mol. The van der Waals surface area contributed by atoms with Gasteiger partial charge in [0.1, 0.15) is 5.58 Å². The van der Waals surface area contributed by atoms with Crippen LogP contribution in [0.25, 0.3) is 33.6 Å². The Kier molecular flexibility index (Phi) is 4.30. The first-order valence-electron chi connectivity index (χ1n) is 9.23. The number of pyridine rings is 1. The fourth-order valence-electron chi connectivity index (χ4n) is 3.48. The minimum atomic E-state index is -0.197. The fraction of sp³-hybridized carbons (Fsp3) is 0.286. The van der Waals surface area contributed by atoms with E-state index in [0.717, 1.165) is 17.6 Å². The van der Waals surface area contributed by atoms with Gasteiger partial charge in [0.15, 0.2) is 11.6 Å². The molecule has 144 valence electrons. The molecule has 0 aliphatic heterocycles. The number of hydrogen-bond donors (Lipinski definition) is 2. The summed E-state index contributed by atoms with van der Waals surface area (Å²) in [5.74, 6) is 1.41. The molecular formula is C21H22N4O3. The van der Waals surface area contributed by atoms with E-state index in [2.05, 4.69) is 28.7 Å². The molecule has 0 aliphatic carbocycles. The molecule has 4 aromatic rings. The number of benzene rings is 1. The summed E-state index contributed by atoms with van der Waals surface area (Å²) in [5, 5.41) is 3.15. The number of hydrogen-bond acceptors (Lipinski definition) is 4. The number of amides is 1. The van der Waals surface area contributed by atoms with Crippen LogP contribution in [-0.2, 0) is 6.54 Å². The number of furan rings is 1. The van der Waals surface area contributed by atoms with Gasteiger partial charge in [-0.05, 0) is 36.6 Å². The van der Waals surface area contributed by atoms with Gasteiger partial charge in [0.25, 0.3) is 11.5 Å². The Morgan fingerprint density at radius 2 is 2.11 bits per heavy atom. The number of aromatic nitrogens is 3. The van der Waals surface area contributed by atoms with Crippen molar-refractivity contribution in [1.82, 2.24) is 19.9 Å². The maximum atomic E-state index is 12.2. The summed E-state index contributed by atoms with van der Waals surface area (Å²) in [6.07, 6.45) is 1.56. The summed E-state index contributed by atoms with van der Waals surface area (Å²) in [4.78, 5) is 31.7. The molecule has 0 atom stereocenters. The molecule has 4 rings (SSSR count). The third kappa shape index (κ3) is 2.89. The topological polar surface area (TPSA) is 92.9 Å². The van der Waals surface area contributed by atoms with Crippen LogP contribution in [0, 0.1) is 12.8 Å². The Bertz CT molecular complexity index is 1260. The van der Waals surface area contributed by atoms with Crippen LogP contribution >= 0.6 is 0 Å². The largest absolute Gasteiger partial charge is 0.453 e. The van der Waals surface area contributed by atoms with Crippen LogP contribution in [0.1, 0.15) is 29.8 Å². The second kappa shape index (κ2) is 6.67. The van der Waals surface area contributed by atoms with Gasteiger partial charge in [0.2, 0.25) is 0 Å². The molecule has 1 amide bonds. The van der Waals surface area contributed by atoms with Gasteiger partial charge in [-0.15, -0.1) is 0 Å². The highest BCUT2D eigenvalue weighted by Crippen LogP contribution is 2.31. The number of nitrogens with one attached hydrogen (secondary N) is 2. The zero-order valence-electron chi connectivity index (χ0n) is 16.3. The highest BCUT2D eigenvalue weighted by atomic mass is 16.3. The Morgan fingerprint density at radius 1 is 1.32 bits per heavy atom. The molecule has 0 aliphatic rings. The molecule has 7 heteroatoms. The number of aryl methyl sites for hydroxylation is 1. The third-order valence-corrected chi connectivity index (χ3v) is 4.79. The van der Waals surface area contributed by atoms with Gasteiger partial charge in [0.05, 0.1) is 16.4 Å². The van der Waals surface area contributed by atoms with Gasteiger partial charge in [-0.1, -0.05) is 13.8 Å². The molecule has 3 heterocycles. The van der Waals surface area contributed by atoms with Crippen LogP contribution in [0.2, 0.25) is 0 Å². The highest BCUT2D eigenvalue weighted by molar-refractivity contribution is 5.99. The normalized spacial score (nSPS) is 11.6. The molecule has 0 radical (unpaired) electrons. The molecule has 0 saturated carbocycles. The molecular weight excluding hydrogens is 356 g/mol. The lowest BCUT2D eigenvalue weighted by Crippen LogP contribution is -2.18. The Balaban J connectivity index is 1.99. The number of carbonyl (C=O) groups is 1.